The molecule has 2 rings (SSSR count). The minimum atomic E-state index is 0.484. The van der Waals surface area contributed by atoms with Crippen LogP contribution in [0.2, 0.25) is 0 Å². The maximum atomic E-state index is 5.89. The molecule has 0 saturated heterocycles. The maximum absolute atomic E-state index is 5.89. The number of rotatable bonds is 3. The Morgan fingerprint density at radius 3 is 2.78 bits per heavy atom. The van der Waals surface area contributed by atoms with Crippen LogP contribution >= 0.6 is 0 Å². The third kappa shape index (κ3) is 4.01. The Bertz CT molecular complexity index is 389. The number of hydrogen-bond donors (Lipinski definition) is 2. The van der Waals surface area contributed by atoms with Crippen molar-refractivity contribution in [2.24, 2.45) is 17.8 Å². The summed E-state index contributed by atoms with van der Waals surface area (Å²) in [6.07, 6.45) is 9.36. The first-order valence-electron chi connectivity index (χ1n) is 6.65. The highest BCUT2D eigenvalue weighted by molar-refractivity contribution is 5.78. The van der Waals surface area contributed by atoms with Crippen molar-refractivity contribution < 1.29 is 0 Å². The molecule has 0 aromatic carbocycles. The fraction of sp³-hybridized carbons (Fsp3) is 0.750. The van der Waals surface area contributed by atoms with Crippen molar-refractivity contribution in [1.29, 1.82) is 0 Å². The summed E-state index contributed by atoms with van der Waals surface area (Å²) in [4.78, 5) is 5.83. The second-order valence-electron chi connectivity index (χ2n) is 4.86. The van der Waals surface area contributed by atoms with E-state index in [-0.39, 0.29) is 0 Å². The van der Waals surface area contributed by atoms with Crippen LogP contribution in [0.5, 0.6) is 0 Å². The molecule has 1 aliphatic rings. The summed E-state index contributed by atoms with van der Waals surface area (Å²) in [7, 11) is 1.79. The van der Waals surface area contributed by atoms with Gasteiger partial charge >= 0.3 is 0 Å². The van der Waals surface area contributed by atoms with E-state index in [0.29, 0.717) is 18.5 Å². The molecule has 1 heterocycles. The van der Waals surface area contributed by atoms with Gasteiger partial charge < -0.3 is 11.1 Å². The lowest BCUT2D eigenvalue weighted by Crippen LogP contribution is -2.39. The summed E-state index contributed by atoms with van der Waals surface area (Å²) in [5.41, 5.74) is 6.73. The number of aryl methyl sites for hydroxylation is 1. The lowest BCUT2D eigenvalue weighted by Gasteiger charge is -2.16. The Balaban J connectivity index is 1.80. The molecule has 0 radical (unpaired) electrons. The monoisotopic (exact) mass is 250 g/mol. The number of aromatic nitrogens is 3. The average molecular weight is 250 g/mol. The Hall–Kier alpha value is -1.59. The van der Waals surface area contributed by atoms with Gasteiger partial charge in [0.2, 0.25) is 0 Å². The third-order valence-corrected chi connectivity index (χ3v) is 3.27. The smallest absolute Gasteiger partial charge is 0.189 e. The molecule has 18 heavy (non-hydrogen) atoms. The van der Waals surface area contributed by atoms with Gasteiger partial charge in [-0.05, 0) is 12.8 Å². The molecule has 0 spiro atoms. The van der Waals surface area contributed by atoms with Crippen LogP contribution in [0.25, 0.3) is 0 Å². The van der Waals surface area contributed by atoms with Crippen LogP contribution in [-0.2, 0) is 13.6 Å². The minimum Gasteiger partial charge on any atom is -0.370 e. The van der Waals surface area contributed by atoms with Crippen LogP contribution in [0.4, 0.5) is 0 Å². The van der Waals surface area contributed by atoms with Crippen molar-refractivity contribution in [1.82, 2.24) is 20.3 Å². The lowest BCUT2D eigenvalue weighted by molar-refractivity contribution is 0.530. The zero-order valence-electron chi connectivity index (χ0n) is 11.0. The Kier molecular flexibility index (Phi) is 4.55. The Morgan fingerprint density at radius 2 is 2.17 bits per heavy atom. The molecule has 0 bridgehead atoms. The van der Waals surface area contributed by atoms with E-state index in [4.69, 9.17) is 5.73 Å². The van der Waals surface area contributed by atoms with Crippen LogP contribution in [-0.4, -0.2) is 27.0 Å². The number of nitrogens with zero attached hydrogens (tertiary/aromatic N) is 4. The molecule has 1 aromatic rings. The summed E-state index contributed by atoms with van der Waals surface area (Å²) in [5.74, 6) is 0.521. The summed E-state index contributed by atoms with van der Waals surface area (Å²) in [6, 6.07) is 0.484. The first-order valence-corrected chi connectivity index (χ1v) is 6.65. The first kappa shape index (κ1) is 12.9. The summed E-state index contributed by atoms with van der Waals surface area (Å²) in [5, 5.41) is 11.5. The van der Waals surface area contributed by atoms with Crippen molar-refractivity contribution in [3.05, 3.63) is 11.9 Å². The van der Waals surface area contributed by atoms with Crippen molar-refractivity contribution >= 4 is 5.96 Å². The molecule has 6 heteroatoms. The number of guanidine groups is 1. The van der Waals surface area contributed by atoms with E-state index in [1.165, 1.54) is 43.3 Å². The molecule has 0 atom stereocenters. The predicted octanol–water partition coefficient (Wildman–Crippen LogP) is 0.942. The van der Waals surface area contributed by atoms with Gasteiger partial charge in [-0.1, -0.05) is 25.7 Å². The fourth-order valence-electron chi connectivity index (χ4n) is 2.30. The van der Waals surface area contributed by atoms with Gasteiger partial charge in [0.25, 0.3) is 0 Å². The second kappa shape index (κ2) is 6.37. The highest BCUT2D eigenvalue weighted by Gasteiger charge is 2.12. The molecule has 100 valence electrons. The first-order chi connectivity index (χ1) is 8.74. The number of aliphatic imine (C=N–C) groups is 1. The second-order valence-corrected chi connectivity index (χ2v) is 4.86. The summed E-state index contributed by atoms with van der Waals surface area (Å²) < 4.78 is 0. The van der Waals surface area contributed by atoms with Crippen LogP contribution < -0.4 is 11.1 Å². The van der Waals surface area contributed by atoms with Gasteiger partial charge in [0, 0.05) is 13.1 Å². The van der Waals surface area contributed by atoms with Crippen molar-refractivity contribution in [3.63, 3.8) is 0 Å². The van der Waals surface area contributed by atoms with Gasteiger partial charge in [-0.15, -0.1) is 0 Å². The van der Waals surface area contributed by atoms with Crippen molar-refractivity contribution in [2.45, 2.75) is 51.1 Å². The largest absolute Gasteiger partial charge is 0.370 e. The van der Waals surface area contributed by atoms with E-state index in [1.807, 2.05) is 0 Å². The van der Waals surface area contributed by atoms with Crippen molar-refractivity contribution in [2.75, 3.05) is 0 Å². The molecule has 6 nitrogen and oxygen atoms in total. The quantitative estimate of drug-likeness (QED) is 0.475. The molecular weight excluding hydrogens is 228 g/mol. The van der Waals surface area contributed by atoms with Crippen LogP contribution in [0.1, 0.15) is 44.2 Å². The van der Waals surface area contributed by atoms with Gasteiger partial charge in [-0.25, -0.2) is 4.99 Å². The van der Waals surface area contributed by atoms with Crippen LogP contribution in [0.15, 0.2) is 11.2 Å². The normalized spacial score (nSPS) is 18.6. The van der Waals surface area contributed by atoms with Crippen LogP contribution in [0.3, 0.4) is 0 Å². The van der Waals surface area contributed by atoms with E-state index in [2.05, 4.69) is 20.5 Å². The zero-order valence-corrected chi connectivity index (χ0v) is 11.0. The van der Waals surface area contributed by atoms with Gasteiger partial charge in [0.05, 0.1) is 12.7 Å². The topological polar surface area (TPSA) is 81.1 Å². The molecule has 1 aliphatic carbocycles. The number of nitrogens with one attached hydrogen (secondary N) is 1. The third-order valence-electron chi connectivity index (χ3n) is 3.27. The van der Waals surface area contributed by atoms with E-state index in [1.54, 1.807) is 13.2 Å². The summed E-state index contributed by atoms with van der Waals surface area (Å²) in [6.45, 7) is 0.486. The van der Waals surface area contributed by atoms with Crippen molar-refractivity contribution in [3.8, 4) is 0 Å². The molecular formula is C12H22N6. The molecule has 1 saturated carbocycles. The highest BCUT2D eigenvalue weighted by Crippen LogP contribution is 2.16. The molecule has 0 unspecified atom stereocenters. The van der Waals surface area contributed by atoms with E-state index in [9.17, 15) is 0 Å². The summed E-state index contributed by atoms with van der Waals surface area (Å²) >= 11 is 0. The molecule has 3 N–H and O–H groups in total. The van der Waals surface area contributed by atoms with Gasteiger partial charge in [0.15, 0.2) is 5.96 Å². The SMILES string of the molecule is Cn1ncc(CN=C(N)NC2CCCCCC2)n1. The number of nitrogens with two attached hydrogens (primary N) is 1. The maximum Gasteiger partial charge on any atom is 0.189 e. The Morgan fingerprint density at radius 1 is 1.44 bits per heavy atom. The molecule has 0 amide bonds. The zero-order chi connectivity index (χ0) is 12.8. The minimum absolute atomic E-state index is 0.484. The van der Waals surface area contributed by atoms with Gasteiger partial charge in [0.1, 0.15) is 5.69 Å². The van der Waals surface area contributed by atoms with Gasteiger partial charge in [-0.3, -0.25) is 0 Å². The molecule has 0 aliphatic heterocycles. The standard InChI is InChI=1S/C12H22N6/c1-18-15-9-11(17-18)8-14-12(13)16-10-6-4-2-3-5-7-10/h9-10H,2-8H2,1H3,(H3,13,14,16). The van der Waals surface area contributed by atoms with E-state index >= 15 is 0 Å². The molecule has 1 aromatic heterocycles. The lowest BCUT2D eigenvalue weighted by atomic mass is 10.1. The predicted molar refractivity (Wildman–Crippen MR) is 71.0 cm³/mol. The van der Waals surface area contributed by atoms with E-state index < -0.39 is 0 Å². The van der Waals surface area contributed by atoms with Gasteiger partial charge in [-0.2, -0.15) is 15.0 Å². The Labute approximate surface area is 108 Å². The number of hydrogen-bond acceptors (Lipinski definition) is 3. The fourth-order valence-corrected chi connectivity index (χ4v) is 2.30. The molecule has 1 fully saturated rings. The van der Waals surface area contributed by atoms with Crippen LogP contribution in [0, 0.1) is 0 Å². The van der Waals surface area contributed by atoms with E-state index in [0.717, 1.165) is 5.69 Å². The average Bonchev–Trinajstić information content (AvgIpc) is 2.60. The highest BCUT2D eigenvalue weighted by atomic mass is 15.4.